The Hall–Kier alpha value is -2.82. The molecule has 5 nitrogen and oxygen atoms in total. The van der Waals surface area contributed by atoms with Gasteiger partial charge in [0.2, 0.25) is 0 Å². The van der Waals surface area contributed by atoms with Crippen LogP contribution in [0.2, 0.25) is 0 Å². The first-order valence-corrected chi connectivity index (χ1v) is 8.72. The standard InChI is InChI=1S/C20H25N5/c1-3-12-22-20(21-2)23-13-16-8-10-17(11-9-16)14-25-15-24-18-6-4-5-7-19(18)25/h4-11,15H,3,12-14H2,1-2H3,(H2,21,22,23). The lowest BCUT2D eigenvalue weighted by Gasteiger charge is -2.11. The smallest absolute Gasteiger partial charge is 0.191 e. The van der Waals surface area contributed by atoms with Gasteiger partial charge >= 0.3 is 0 Å². The third-order valence-electron chi connectivity index (χ3n) is 4.13. The average Bonchev–Trinajstić information content (AvgIpc) is 3.06. The first-order valence-electron chi connectivity index (χ1n) is 8.72. The summed E-state index contributed by atoms with van der Waals surface area (Å²) >= 11 is 0. The molecule has 0 saturated heterocycles. The van der Waals surface area contributed by atoms with Crippen LogP contribution in [0.1, 0.15) is 24.5 Å². The zero-order valence-corrected chi connectivity index (χ0v) is 14.9. The number of para-hydroxylation sites is 2. The van der Waals surface area contributed by atoms with Gasteiger partial charge in [0, 0.05) is 26.7 Å². The number of fused-ring (bicyclic) bond motifs is 1. The van der Waals surface area contributed by atoms with Gasteiger partial charge in [-0.2, -0.15) is 0 Å². The molecule has 3 aromatic rings. The Morgan fingerprint density at radius 1 is 1.04 bits per heavy atom. The van der Waals surface area contributed by atoms with Crippen LogP contribution in [-0.2, 0) is 13.1 Å². The Kier molecular flexibility index (Phi) is 5.67. The molecule has 0 radical (unpaired) electrons. The zero-order valence-electron chi connectivity index (χ0n) is 14.9. The van der Waals surface area contributed by atoms with E-state index >= 15 is 0 Å². The monoisotopic (exact) mass is 335 g/mol. The van der Waals surface area contributed by atoms with Crippen molar-refractivity contribution in [3.63, 3.8) is 0 Å². The number of rotatable bonds is 6. The van der Waals surface area contributed by atoms with Crippen molar-refractivity contribution in [1.29, 1.82) is 0 Å². The number of hydrogen-bond acceptors (Lipinski definition) is 2. The summed E-state index contributed by atoms with van der Waals surface area (Å²) in [6, 6.07) is 16.9. The fourth-order valence-electron chi connectivity index (χ4n) is 2.75. The maximum absolute atomic E-state index is 4.45. The van der Waals surface area contributed by atoms with E-state index in [1.54, 1.807) is 7.05 Å². The van der Waals surface area contributed by atoms with Crippen molar-refractivity contribution in [3.05, 3.63) is 66.0 Å². The first kappa shape index (κ1) is 17.0. The summed E-state index contributed by atoms with van der Waals surface area (Å²) in [5.74, 6) is 0.843. The van der Waals surface area contributed by atoms with E-state index in [9.17, 15) is 0 Å². The minimum atomic E-state index is 0.762. The molecule has 0 spiro atoms. The second-order valence-corrected chi connectivity index (χ2v) is 6.03. The molecule has 0 bridgehead atoms. The highest BCUT2D eigenvalue weighted by Gasteiger charge is 2.03. The van der Waals surface area contributed by atoms with Gasteiger partial charge in [-0.3, -0.25) is 4.99 Å². The molecule has 2 aromatic carbocycles. The van der Waals surface area contributed by atoms with E-state index in [-0.39, 0.29) is 0 Å². The van der Waals surface area contributed by atoms with Gasteiger partial charge in [-0.1, -0.05) is 43.3 Å². The predicted octanol–water partition coefficient (Wildman–Crippen LogP) is 3.16. The van der Waals surface area contributed by atoms with E-state index in [0.29, 0.717) is 0 Å². The predicted molar refractivity (Wildman–Crippen MR) is 104 cm³/mol. The highest BCUT2D eigenvalue weighted by molar-refractivity contribution is 5.79. The van der Waals surface area contributed by atoms with Crippen LogP contribution in [0.3, 0.4) is 0 Å². The van der Waals surface area contributed by atoms with Gasteiger partial charge in [-0.15, -0.1) is 0 Å². The number of imidazole rings is 1. The molecular formula is C20H25N5. The molecule has 0 unspecified atom stereocenters. The summed E-state index contributed by atoms with van der Waals surface area (Å²) in [7, 11) is 1.80. The topological polar surface area (TPSA) is 54.2 Å². The van der Waals surface area contributed by atoms with Crippen LogP contribution < -0.4 is 10.6 Å². The minimum absolute atomic E-state index is 0.762. The molecule has 1 heterocycles. The maximum atomic E-state index is 4.45. The number of nitrogens with zero attached hydrogens (tertiary/aromatic N) is 3. The summed E-state index contributed by atoms with van der Waals surface area (Å²) in [6.07, 6.45) is 2.99. The van der Waals surface area contributed by atoms with Crippen molar-refractivity contribution in [2.75, 3.05) is 13.6 Å². The quantitative estimate of drug-likeness (QED) is 0.537. The molecular weight excluding hydrogens is 310 g/mol. The van der Waals surface area contributed by atoms with E-state index in [0.717, 1.165) is 37.5 Å². The fraction of sp³-hybridized carbons (Fsp3) is 0.300. The number of benzene rings is 2. The largest absolute Gasteiger partial charge is 0.356 e. The molecule has 0 aliphatic carbocycles. The van der Waals surface area contributed by atoms with Crippen LogP contribution in [0, 0.1) is 0 Å². The van der Waals surface area contributed by atoms with E-state index in [1.165, 1.54) is 16.6 Å². The Labute approximate surface area is 148 Å². The lowest BCUT2D eigenvalue weighted by Crippen LogP contribution is -2.37. The van der Waals surface area contributed by atoms with E-state index < -0.39 is 0 Å². The van der Waals surface area contributed by atoms with Crippen LogP contribution >= 0.6 is 0 Å². The first-order chi connectivity index (χ1) is 12.3. The second-order valence-electron chi connectivity index (χ2n) is 6.03. The number of aromatic nitrogens is 2. The van der Waals surface area contributed by atoms with Crippen molar-refractivity contribution < 1.29 is 0 Å². The summed E-state index contributed by atoms with van der Waals surface area (Å²) in [6.45, 7) is 4.66. The third kappa shape index (κ3) is 4.38. The Bertz CT molecular complexity index is 833. The molecule has 130 valence electrons. The molecule has 0 aliphatic rings. The summed E-state index contributed by atoms with van der Waals surface area (Å²) in [4.78, 5) is 8.67. The van der Waals surface area contributed by atoms with Gasteiger partial charge in [0.25, 0.3) is 0 Å². The molecule has 0 aliphatic heterocycles. The van der Waals surface area contributed by atoms with Gasteiger partial charge in [0.15, 0.2) is 5.96 Å². The fourth-order valence-corrected chi connectivity index (χ4v) is 2.75. The summed E-state index contributed by atoms with van der Waals surface area (Å²) < 4.78 is 2.18. The van der Waals surface area contributed by atoms with Crippen LogP contribution in [0.5, 0.6) is 0 Å². The number of nitrogens with one attached hydrogen (secondary N) is 2. The van der Waals surface area contributed by atoms with Crippen LogP contribution in [-0.4, -0.2) is 29.1 Å². The van der Waals surface area contributed by atoms with E-state index in [1.807, 2.05) is 18.5 Å². The molecule has 0 amide bonds. The Morgan fingerprint density at radius 2 is 1.80 bits per heavy atom. The van der Waals surface area contributed by atoms with Gasteiger partial charge in [0.1, 0.15) is 0 Å². The minimum Gasteiger partial charge on any atom is -0.356 e. The van der Waals surface area contributed by atoms with Gasteiger partial charge in [-0.25, -0.2) is 4.98 Å². The second kappa shape index (κ2) is 8.33. The van der Waals surface area contributed by atoms with E-state index in [2.05, 4.69) is 68.5 Å². The lowest BCUT2D eigenvalue weighted by atomic mass is 10.1. The molecule has 0 saturated carbocycles. The Balaban J connectivity index is 1.60. The Morgan fingerprint density at radius 3 is 2.56 bits per heavy atom. The number of hydrogen-bond donors (Lipinski definition) is 2. The number of aliphatic imine (C=N–C) groups is 1. The normalized spacial score (nSPS) is 11.7. The van der Waals surface area contributed by atoms with Crippen molar-refractivity contribution in [2.24, 2.45) is 4.99 Å². The summed E-state index contributed by atoms with van der Waals surface area (Å²) in [5.41, 5.74) is 4.70. The lowest BCUT2D eigenvalue weighted by molar-refractivity contribution is 0.780. The van der Waals surface area contributed by atoms with Crippen LogP contribution in [0.25, 0.3) is 11.0 Å². The van der Waals surface area contributed by atoms with Gasteiger partial charge in [-0.05, 0) is 29.7 Å². The molecule has 0 atom stereocenters. The van der Waals surface area contributed by atoms with E-state index in [4.69, 9.17) is 0 Å². The van der Waals surface area contributed by atoms with Crippen LogP contribution in [0.15, 0.2) is 59.9 Å². The molecule has 2 N–H and O–H groups in total. The van der Waals surface area contributed by atoms with Gasteiger partial charge < -0.3 is 15.2 Å². The van der Waals surface area contributed by atoms with Crippen molar-refractivity contribution in [3.8, 4) is 0 Å². The highest BCUT2D eigenvalue weighted by atomic mass is 15.2. The van der Waals surface area contributed by atoms with Crippen LogP contribution in [0.4, 0.5) is 0 Å². The van der Waals surface area contributed by atoms with Crippen molar-refractivity contribution >= 4 is 17.0 Å². The highest BCUT2D eigenvalue weighted by Crippen LogP contribution is 2.14. The SMILES string of the molecule is CCCNC(=NC)NCc1ccc(Cn2cnc3ccccc32)cc1. The van der Waals surface area contributed by atoms with Crippen molar-refractivity contribution in [2.45, 2.75) is 26.4 Å². The zero-order chi connectivity index (χ0) is 17.5. The van der Waals surface area contributed by atoms with Crippen molar-refractivity contribution in [1.82, 2.24) is 20.2 Å². The molecule has 0 fully saturated rings. The number of guanidine groups is 1. The molecule has 5 heteroatoms. The molecule has 25 heavy (non-hydrogen) atoms. The van der Waals surface area contributed by atoms with Gasteiger partial charge in [0.05, 0.1) is 17.4 Å². The third-order valence-corrected chi connectivity index (χ3v) is 4.13. The summed E-state index contributed by atoms with van der Waals surface area (Å²) in [5, 5.41) is 6.61. The average molecular weight is 335 g/mol. The maximum Gasteiger partial charge on any atom is 0.191 e. The molecule has 1 aromatic heterocycles. The molecule has 3 rings (SSSR count).